The lowest BCUT2D eigenvalue weighted by Gasteiger charge is -2.34. The van der Waals surface area contributed by atoms with Crippen molar-refractivity contribution in [2.24, 2.45) is 0 Å². The van der Waals surface area contributed by atoms with E-state index < -0.39 is 0 Å². The van der Waals surface area contributed by atoms with E-state index in [1.165, 1.54) is 0 Å². The van der Waals surface area contributed by atoms with Gasteiger partial charge in [0, 0.05) is 12.1 Å². The van der Waals surface area contributed by atoms with Crippen LogP contribution in [-0.4, -0.2) is 55.1 Å². The fourth-order valence-electron chi connectivity index (χ4n) is 2.27. The SMILES string of the molecule is O=C(c1ccc2c(c1)OCO2)N1CCOCC1CO. The summed E-state index contributed by atoms with van der Waals surface area (Å²) in [6.45, 7) is 1.43. The average molecular weight is 265 g/mol. The monoisotopic (exact) mass is 265 g/mol. The van der Waals surface area contributed by atoms with Gasteiger partial charge in [0.25, 0.3) is 5.91 Å². The summed E-state index contributed by atoms with van der Waals surface area (Å²) in [5.41, 5.74) is 0.532. The van der Waals surface area contributed by atoms with Crippen LogP contribution in [0.25, 0.3) is 0 Å². The average Bonchev–Trinajstić information content (AvgIpc) is 2.93. The molecular weight excluding hydrogens is 250 g/mol. The first kappa shape index (κ1) is 12.3. The summed E-state index contributed by atoms with van der Waals surface area (Å²) in [5.74, 6) is 1.11. The lowest BCUT2D eigenvalue weighted by molar-refractivity contribution is -0.0184. The molecule has 1 aromatic carbocycles. The van der Waals surface area contributed by atoms with E-state index in [1.807, 2.05) is 0 Å². The Bertz CT molecular complexity index is 490. The molecule has 1 fully saturated rings. The van der Waals surface area contributed by atoms with Crippen LogP contribution in [0.2, 0.25) is 0 Å². The highest BCUT2D eigenvalue weighted by Crippen LogP contribution is 2.33. The van der Waals surface area contributed by atoms with E-state index in [0.717, 1.165) is 0 Å². The predicted octanol–water partition coefficient (Wildman–Crippen LogP) is 0.249. The van der Waals surface area contributed by atoms with Gasteiger partial charge < -0.3 is 24.2 Å². The number of benzene rings is 1. The summed E-state index contributed by atoms with van der Waals surface area (Å²) in [6, 6.07) is 4.82. The Hall–Kier alpha value is -1.79. The zero-order valence-corrected chi connectivity index (χ0v) is 10.4. The van der Waals surface area contributed by atoms with Crippen LogP contribution in [-0.2, 0) is 4.74 Å². The molecule has 0 radical (unpaired) electrons. The number of nitrogens with zero attached hydrogens (tertiary/aromatic N) is 1. The summed E-state index contributed by atoms with van der Waals surface area (Å²) < 4.78 is 15.7. The lowest BCUT2D eigenvalue weighted by atomic mass is 10.1. The zero-order valence-electron chi connectivity index (χ0n) is 10.4. The molecule has 0 saturated carbocycles. The molecule has 3 rings (SSSR count). The molecule has 0 aliphatic carbocycles. The van der Waals surface area contributed by atoms with Gasteiger partial charge in [0.1, 0.15) is 0 Å². The molecule has 2 aliphatic heterocycles. The molecule has 2 heterocycles. The van der Waals surface area contributed by atoms with Crippen molar-refractivity contribution in [2.75, 3.05) is 33.2 Å². The molecule has 102 valence electrons. The Labute approximate surface area is 110 Å². The van der Waals surface area contributed by atoms with Crippen LogP contribution in [0.4, 0.5) is 0 Å². The van der Waals surface area contributed by atoms with Crippen LogP contribution in [0.15, 0.2) is 18.2 Å². The molecule has 1 aromatic rings. The summed E-state index contributed by atoms with van der Waals surface area (Å²) >= 11 is 0. The fourth-order valence-corrected chi connectivity index (χ4v) is 2.27. The summed E-state index contributed by atoms with van der Waals surface area (Å²) in [6.07, 6.45) is 0. The highest BCUT2D eigenvalue weighted by Gasteiger charge is 2.28. The van der Waals surface area contributed by atoms with Gasteiger partial charge >= 0.3 is 0 Å². The van der Waals surface area contributed by atoms with Gasteiger partial charge in [-0.05, 0) is 18.2 Å². The number of morpholine rings is 1. The lowest BCUT2D eigenvalue weighted by Crippen LogP contribution is -2.50. The second-order valence-corrected chi connectivity index (χ2v) is 4.48. The quantitative estimate of drug-likeness (QED) is 0.830. The second-order valence-electron chi connectivity index (χ2n) is 4.48. The maximum atomic E-state index is 12.4. The number of carbonyl (C=O) groups is 1. The molecule has 0 aromatic heterocycles. The van der Waals surface area contributed by atoms with Crippen LogP contribution < -0.4 is 9.47 Å². The number of amides is 1. The molecule has 0 spiro atoms. The maximum absolute atomic E-state index is 12.4. The molecule has 1 N–H and O–H groups in total. The number of hydrogen-bond acceptors (Lipinski definition) is 5. The summed E-state index contributed by atoms with van der Waals surface area (Å²) in [4.78, 5) is 14.1. The van der Waals surface area contributed by atoms with Gasteiger partial charge in [-0.2, -0.15) is 0 Å². The van der Waals surface area contributed by atoms with Gasteiger partial charge in [-0.1, -0.05) is 0 Å². The molecule has 1 saturated heterocycles. The summed E-state index contributed by atoms with van der Waals surface area (Å²) in [5, 5.41) is 9.29. The van der Waals surface area contributed by atoms with Crippen LogP contribution in [0.3, 0.4) is 0 Å². The molecule has 0 bridgehead atoms. The highest BCUT2D eigenvalue weighted by atomic mass is 16.7. The number of ether oxygens (including phenoxy) is 3. The molecule has 19 heavy (non-hydrogen) atoms. The predicted molar refractivity (Wildman–Crippen MR) is 65.3 cm³/mol. The first-order chi connectivity index (χ1) is 9.29. The van der Waals surface area contributed by atoms with Gasteiger partial charge in [0.05, 0.1) is 25.9 Å². The number of aliphatic hydroxyl groups is 1. The van der Waals surface area contributed by atoms with E-state index >= 15 is 0 Å². The van der Waals surface area contributed by atoms with Crippen molar-refractivity contribution >= 4 is 5.91 Å². The van der Waals surface area contributed by atoms with Gasteiger partial charge in [-0.15, -0.1) is 0 Å². The molecule has 6 nitrogen and oxygen atoms in total. The van der Waals surface area contributed by atoms with E-state index in [4.69, 9.17) is 14.2 Å². The Morgan fingerprint density at radius 3 is 3.05 bits per heavy atom. The minimum absolute atomic E-state index is 0.101. The molecule has 2 aliphatic rings. The topological polar surface area (TPSA) is 68.2 Å². The van der Waals surface area contributed by atoms with Crippen LogP contribution in [0.1, 0.15) is 10.4 Å². The van der Waals surface area contributed by atoms with Gasteiger partial charge in [0.2, 0.25) is 6.79 Å². The first-order valence-electron chi connectivity index (χ1n) is 6.19. The van der Waals surface area contributed by atoms with Crippen LogP contribution in [0, 0.1) is 0 Å². The zero-order chi connectivity index (χ0) is 13.2. The van der Waals surface area contributed by atoms with Crippen LogP contribution in [0.5, 0.6) is 11.5 Å². The third-order valence-corrected chi connectivity index (χ3v) is 3.32. The van der Waals surface area contributed by atoms with Crippen molar-refractivity contribution in [3.8, 4) is 11.5 Å². The maximum Gasteiger partial charge on any atom is 0.254 e. The number of fused-ring (bicyclic) bond motifs is 1. The van der Waals surface area contributed by atoms with Gasteiger partial charge in [0.15, 0.2) is 11.5 Å². The molecule has 6 heteroatoms. The minimum Gasteiger partial charge on any atom is -0.454 e. The van der Waals surface area contributed by atoms with E-state index in [0.29, 0.717) is 36.8 Å². The van der Waals surface area contributed by atoms with Crippen molar-refractivity contribution in [1.29, 1.82) is 0 Å². The number of carbonyl (C=O) groups excluding carboxylic acids is 1. The molecular formula is C13H15NO5. The van der Waals surface area contributed by atoms with Crippen molar-refractivity contribution in [3.05, 3.63) is 23.8 Å². The van der Waals surface area contributed by atoms with Gasteiger partial charge in [-0.3, -0.25) is 4.79 Å². The van der Waals surface area contributed by atoms with Gasteiger partial charge in [-0.25, -0.2) is 0 Å². The number of hydrogen-bond donors (Lipinski definition) is 1. The van der Waals surface area contributed by atoms with E-state index in [9.17, 15) is 9.90 Å². The Balaban J connectivity index is 1.82. The normalized spacial score (nSPS) is 21.5. The minimum atomic E-state index is -0.285. The standard InChI is InChI=1S/C13H15NO5/c15-6-10-7-17-4-3-14(10)13(16)9-1-2-11-12(5-9)19-8-18-11/h1-2,5,10,15H,3-4,6-8H2. The second kappa shape index (κ2) is 5.07. The molecule has 1 unspecified atom stereocenters. The largest absolute Gasteiger partial charge is 0.454 e. The van der Waals surface area contributed by atoms with Crippen molar-refractivity contribution in [3.63, 3.8) is 0 Å². The smallest absolute Gasteiger partial charge is 0.254 e. The Morgan fingerprint density at radius 1 is 1.37 bits per heavy atom. The highest BCUT2D eigenvalue weighted by molar-refractivity contribution is 5.95. The Kier molecular flexibility index (Phi) is 3.27. The third kappa shape index (κ3) is 2.24. The number of rotatable bonds is 2. The first-order valence-corrected chi connectivity index (χ1v) is 6.19. The van der Waals surface area contributed by atoms with Crippen molar-refractivity contribution < 1.29 is 24.1 Å². The number of aliphatic hydroxyl groups excluding tert-OH is 1. The molecule has 1 amide bonds. The van der Waals surface area contributed by atoms with E-state index in [1.54, 1.807) is 23.1 Å². The van der Waals surface area contributed by atoms with Crippen LogP contribution >= 0.6 is 0 Å². The van der Waals surface area contributed by atoms with E-state index in [2.05, 4.69) is 0 Å². The van der Waals surface area contributed by atoms with Crippen molar-refractivity contribution in [2.45, 2.75) is 6.04 Å². The fraction of sp³-hybridized carbons (Fsp3) is 0.462. The molecule has 1 atom stereocenters. The Morgan fingerprint density at radius 2 is 2.21 bits per heavy atom. The third-order valence-electron chi connectivity index (χ3n) is 3.32. The van der Waals surface area contributed by atoms with E-state index in [-0.39, 0.29) is 25.3 Å². The van der Waals surface area contributed by atoms with Crippen molar-refractivity contribution in [1.82, 2.24) is 4.90 Å². The summed E-state index contributed by atoms with van der Waals surface area (Å²) in [7, 11) is 0.